The van der Waals surface area contributed by atoms with Crippen LogP contribution >= 0.6 is 0 Å². The lowest BCUT2D eigenvalue weighted by atomic mass is 10.2. The summed E-state index contributed by atoms with van der Waals surface area (Å²) >= 11 is 0. The van der Waals surface area contributed by atoms with Crippen LogP contribution in [0.25, 0.3) is 0 Å². The van der Waals surface area contributed by atoms with Crippen LogP contribution in [0.3, 0.4) is 0 Å². The van der Waals surface area contributed by atoms with Gasteiger partial charge < -0.3 is 10.5 Å². The predicted molar refractivity (Wildman–Crippen MR) is 54.9 cm³/mol. The first-order valence-electron chi connectivity index (χ1n) is 5.02. The van der Waals surface area contributed by atoms with Crippen LogP contribution in [-0.2, 0) is 6.54 Å². The third-order valence-corrected chi connectivity index (χ3v) is 1.97. The van der Waals surface area contributed by atoms with Crippen molar-refractivity contribution in [1.82, 2.24) is 10.2 Å². The fourth-order valence-corrected chi connectivity index (χ4v) is 1.14. The fourth-order valence-electron chi connectivity index (χ4n) is 1.14. The van der Waals surface area contributed by atoms with E-state index in [-0.39, 0.29) is 0 Å². The number of hydrogen-bond acceptors (Lipinski definition) is 4. The van der Waals surface area contributed by atoms with E-state index in [9.17, 15) is 0 Å². The molecule has 1 aromatic rings. The molecule has 0 atom stereocenters. The van der Waals surface area contributed by atoms with Gasteiger partial charge in [0.1, 0.15) is 0 Å². The number of nitrogens with two attached hydrogens (primary N) is 1. The standard InChI is InChI=1S/C10H17N3O/c1-2-3-4-7-14-10-9(8-11)5-6-12-13-10/h5-6H,2-4,7-8,11H2,1H3. The van der Waals surface area contributed by atoms with Crippen LogP contribution in [-0.4, -0.2) is 16.8 Å². The average Bonchev–Trinajstić information content (AvgIpc) is 2.25. The van der Waals surface area contributed by atoms with Gasteiger partial charge in [0.2, 0.25) is 5.88 Å². The largest absolute Gasteiger partial charge is 0.476 e. The van der Waals surface area contributed by atoms with Gasteiger partial charge >= 0.3 is 0 Å². The van der Waals surface area contributed by atoms with Gasteiger partial charge in [0.05, 0.1) is 12.8 Å². The van der Waals surface area contributed by atoms with Crippen molar-refractivity contribution in [2.45, 2.75) is 32.7 Å². The van der Waals surface area contributed by atoms with Crippen LogP contribution in [0.1, 0.15) is 31.7 Å². The number of unbranched alkanes of at least 4 members (excludes halogenated alkanes) is 2. The van der Waals surface area contributed by atoms with Crippen molar-refractivity contribution in [3.63, 3.8) is 0 Å². The summed E-state index contributed by atoms with van der Waals surface area (Å²) < 4.78 is 5.48. The minimum absolute atomic E-state index is 0.443. The first-order valence-corrected chi connectivity index (χ1v) is 5.02. The molecule has 0 amide bonds. The van der Waals surface area contributed by atoms with Crippen molar-refractivity contribution in [3.05, 3.63) is 17.8 Å². The van der Waals surface area contributed by atoms with Gasteiger partial charge in [-0.3, -0.25) is 0 Å². The maximum absolute atomic E-state index is 5.53. The minimum Gasteiger partial charge on any atom is -0.476 e. The highest BCUT2D eigenvalue weighted by molar-refractivity contribution is 5.22. The topological polar surface area (TPSA) is 61.0 Å². The minimum atomic E-state index is 0.443. The molecule has 1 aromatic heterocycles. The van der Waals surface area contributed by atoms with Crippen molar-refractivity contribution in [2.75, 3.05) is 6.61 Å². The Bertz CT molecular complexity index is 265. The van der Waals surface area contributed by atoms with Crippen molar-refractivity contribution >= 4 is 0 Å². The molecule has 78 valence electrons. The van der Waals surface area contributed by atoms with Crippen molar-refractivity contribution < 1.29 is 4.74 Å². The van der Waals surface area contributed by atoms with Crippen LogP contribution in [0.15, 0.2) is 12.3 Å². The average molecular weight is 195 g/mol. The van der Waals surface area contributed by atoms with Gasteiger partial charge in [-0.2, -0.15) is 5.10 Å². The number of aromatic nitrogens is 2. The number of nitrogens with zero attached hydrogens (tertiary/aromatic N) is 2. The van der Waals surface area contributed by atoms with Gasteiger partial charge in [-0.1, -0.05) is 19.8 Å². The van der Waals surface area contributed by atoms with Crippen molar-refractivity contribution in [1.29, 1.82) is 0 Å². The molecule has 0 bridgehead atoms. The quantitative estimate of drug-likeness (QED) is 0.699. The molecule has 0 saturated heterocycles. The van der Waals surface area contributed by atoms with Crippen LogP contribution in [0.5, 0.6) is 5.88 Å². The zero-order valence-electron chi connectivity index (χ0n) is 8.57. The van der Waals surface area contributed by atoms with E-state index >= 15 is 0 Å². The van der Waals surface area contributed by atoms with Gasteiger partial charge in [0.25, 0.3) is 0 Å². The van der Waals surface area contributed by atoms with Gasteiger partial charge in [0, 0.05) is 12.1 Å². The summed E-state index contributed by atoms with van der Waals surface area (Å²) in [6.45, 7) is 3.30. The first kappa shape index (κ1) is 10.9. The second-order valence-corrected chi connectivity index (χ2v) is 3.12. The highest BCUT2D eigenvalue weighted by Gasteiger charge is 2.02. The highest BCUT2D eigenvalue weighted by atomic mass is 16.5. The molecule has 0 saturated carbocycles. The monoisotopic (exact) mass is 195 g/mol. The number of hydrogen-bond donors (Lipinski definition) is 1. The zero-order valence-corrected chi connectivity index (χ0v) is 8.57. The Hall–Kier alpha value is -1.16. The number of ether oxygens (including phenoxy) is 1. The van der Waals surface area contributed by atoms with E-state index in [4.69, 9.17) is 10.5 Å². The first-order chi connectivity index (χ1) is 6.88. The summed E-state index contributed by atoms with van der Waals surface area (Å²) in [6.07, 6.45) is 5.05. The van der Waals surface area contributed by atoms with E-state index in [1.54, 1.807) is 6.20 Å². The van der Waals surface area contributed by atoms with Crippen molar-refractivity contribution in [3.8, 4) is 5.88 Å². The third-order valence-electron chi connectivity index (χ3n) is 1.97. The Kier molecular flexibility index (Phi) is 4.93. The van der Waals surface area contributed by atoms with Crippen LogP contribution < -0.4 is 10.5 Å². The summed E-state index contributed by atoms with van der Waals surface area (Å²) in [7, 11) is 0. The molecule has 0 aromatic carbocycles. The Morgan fingerprint density at radius 3 is 3.00 bits per heavy atom. The summed E-state index contributed by atoms with van der Waals surface area (Å²) in [6, 6.07) is 1.84. The van der Waals surface area contributed by atoms with Crippen molar-refractivity contribution in [2.24, 2.45) is 5.73 Å². The van der Waals surface area contributed by atoms with Gasteiger partial charge in [-0.25, -0.2) is 0 Å². The maximum atomic E-state index is 5.53. The van der Waals surface area contributed by atoms with E-state index < -0.39 is 0 Å². The Balaban J connectivity index is 2.41. The van der Waals surface area contributed by atoms with Gasteiger partial charge in [0.15, 0.2) is 0 Å². The predicted octanol–water partition coefficient (Wildman–Crippen LogP) is 1.50. The number of rotatable bonds is 6. The SMILES string of the molecule is CCCCCOc1nnccc1CN. The molecule has 0 unspecified atom stereocenters. The molecule has 2 N–H and O–H groups in total. The molecule has 0 spiro atoms. The molecule has 1 rings (SSSR count). The van der Waals surface area contributed by atoms with Gasteiger partial charge in [-0.15, -0.1) is 5.10 Å². The summed E-state index contributed by atoms with van der Waals surface area (Å²) in [5.74, 6) is 0.575. The molecule has 1 heterocycles. The molecule has 0 fully saturated rings. The molecule has 0 aliphatic carbocycles. The van der Waals surface area contributed by atoms with E-state index in [0.717, 1.165) is 12.0 Å². The Morgan fingerprint density at radius 1 is 1.43 bits per heavy atom. The molecule has 0 aliphatic rings. The van der Waals surface area contributed by atoms with E-state index in [1.165, 1.54) is 12.8 Å². The summed E-state index contributed by atoms with van der Waals surface area (Å²) in [4.78, 5) is 0. The smallest absolute Gasteiger partial charge is 0.237 e. The Morgan fingerprint density at radius 2 is 2.29 bits per heavy atom. The maximum Gasteiger partial charge on any atom is 0.237 e. The van der Waals surface area contributed by atoms with Crippen LogP contribution in [0, 0.1) is 0 Å². The van der Waals surface area contributed by atoms with Crippen LogP contribution in [0.2, 0.25) is 0 Å². The summed E-state index contributed by atoms with van der Waals surface area (Å²) in [5.41, 5.74) is 6.45. The molecule has 0 radical (unpaired) electrons. The zero-order chi connectivity index (χ0) is 10.2. The lowest BCUT2D eigenvalue weighted by molar-refractivity contribution is 0.288. The van der Waals surface area contributed by atoms with E-state index in [1.807, 2.05) is 6.07 Å². The highest BCUT2D eigenvalue weighted by Crippen LogP contribution is 2.12. The molecule has 4 heteroatoms. The molecular formula is C10H17N3O. The molecule has 14 heavy (non-hydrogen) atoms. The molecule has 4 nitrogen and oxygen atoms in total. The van der Waals surface area contributed by atoms with Crippen LogP contribution in [0.4, 0.5) is 0 Å². The van der Waals surface area contributed by atoms with E-state index in [2.05, 4.69) is 17.1 Å². The van der Waals surface area contributed by atoms with E-state index in [0.29, 0.717) is 19.0 Å². The van der Waals surface area contributed by atoms with Gasteiger partial charge in [-0.05, 0) is 12.5 Å². The fraction of sp³-hybridized carbons (Fsp3) is 0.600. The second-order valence-electron chi connectivity index (χ2n) is 3.12. The molecular weight excluding hydrogens is 178 g/mol. The lowest BCUT2D eigenvalue weighted by Gasteiger charge is -2.06. The summed E-state index contributed by atoms with van der Waals surface area (Å²) in [5, 5.41) is 7.66. The molecule has 0 aliphatic heterocycles. The lowest BCUT2D eigenvalue weighted by Crippen LogP contribution is -2.06. The normalized spacial score (nSPS) is 10.1. The third kappa shape index (κ3) is 3.30. The second kappa shape index (κ2) is 6.32. The Labute approximate surface area is 84.5 Å².